The predicted molar refractivity (Wildman–Crippen MR) is 95.8 cm³/mol. The Bertz CT molecular complexity index is 476. The summed E-state index contributed by atoms with van der Waals surface area (Å²) in [5, 5.41) is 7.66. The highest BCUT2D eigenvalue weighted by molar-refractivity contribution is 7.80. The van der Waals surface area contributed by atoms with Crippen molar-refractivity contribution in [2.45, 2.75) is 63.7 Å². The van der Waals surface area contributed by atoms with Gasteiger partial charge in [0.05, 0.1) is 0 Å². The molecular weight excluding hydrogens is 290 g/mol. The Kier molecular flexibility index (Phi) is 5.32. The number of piperidine rings is 1. The van der Waals surface area contributed by atoms with Crippen molar-refractivity contribution in [1.82, 2.24) is 15.5 Å². The minimum absolute atomic E-state index is 0.543. The van der Waals surface area contributed by atoms with Crippen molar-refractivity contribution in [3.05, 3.63) is 35.9 Å². The van der Waals surface area contributed by atoms with Crippen molar-refractivity contribution in [1.29, 1.82) is 0 Å². The van der Waals surface area contributed by atoms with Crippen LogP contribution in [0.3, 0.4) is 0 Å². The lowest BCUT2D eigenvalue weighted by atomic mass is 9.96. The van der Waals surface area contributed by atoms with Gasteiger partial charge in [-0.2, -0.15) is 0 Å². The molecule has 4 heteroatoms. The van der Waals surface area contributed by atoms with Gasteiger partial charge in [0.25, 0.3) is 0 Å². The first-order valence-electron chi connectivity index (χ1n) is 8.60. The maximum atomic E-state index is 5.40. The molecule has 2 aliphatic heterocycles. The lowest BCUT2D eigenvalue weighted by molar-refractivity contribution is 0.115. The Morgan fingerprint density at radius 3 is 2.50 bits per heavy atom. The van der Waals surface area contributed by atoms with Crippen LogP contribution in [0.15, 0.2) is 30.3 Å². The van der Waals surface area contributed by atoms with E-state index in [1.165, 1.54) is 31.2 Å². The van der Waals surface area contributed by atoms with E-state index in [-0.39, 0.29) is 0 Å². The number of nitrogens with one attached hydrogen (secondary N) is 2. The van der Waals surface area contributed by atoms with Crippen LogP contribution in [0.1, 0.15) is 44.6 Å². The summed E-state index contributed by atoms with van der Waals surface area (Å²) < 4.78 is 0. The summed E-state index contributed by atoms with van der Waals surface area (Å²) in [5.41, 5.74) is 1.44. The van der Waals surface area contributed by atoms with Crippen molar-refractivity contribution in [2.75, 3.05) is 6.54 Å². The van der Waals surface area contributed by atoms with Crippen LogP contribution in [-0.2, 0) is 6.54 Å². The summed E-state index contributed by atoms with van der Waals surface area (Å²) in [5.74, 6) is 0. The summed E-state index contributed by atoms with van der Waals surface area (Å²) in [4.78, 5) is 2.72. The Morgan fingerprint density at radius 2 is 1.86 bits per heavy atom. The van der Waals surface area contributed by atoms with Gasteiger partial charge in [0.15, 0.2) is 5.11 Å². The highest BCUT2D eigenvalue weighted by atomic mass is 32.1. The molecule has 0 amide bonds. The zero-order valence-electron chi connectivity index (χ0n) is 13.4. The number of rotatable bonds is 5. The molecule has 2 atom stereocenters. The van der Waals surface area contributed by atoms with Crippen LogP contribution in [0, 0.1) is 0 Å². The molecule has 0 saturated carbocycles. The van der Waals surface area contributed by atoms with E-state index in [1.807, 2.05) is 0 Å². The Hall–Kier alpha value is -1.13. The van der Waals surface area contributed by atoms with Gasteiger partial charge < -0.3 is 10.6 Å². The van der Waals surface area contributed by atoms with E-state index in [0.717, 1.165) is 24.6 Å². The van der Waals surface area contributed by atoms with Crippen molar-refractivity contribution >= 4 is 17.3 Å². The molecule has 2 saturated heterocycles. The molecule has 2 fully saturated rings. The fourth-order valence-electron chi connectivity index (χ4n) is 3.92. The topological polar surface area (TPSA) is 27.3 Å². The normalized spacial score (nSPS) is 27.6. The van der Waals surface area contributed by atoms with Crippen molar-refractivity contribution in [3.8, 4) is 0 Å². The molecule has 0 unspecified atom stereocenters. The fourth-order valence-corrected chi connectivity index (χ4v) is 4.19. The number of hydrogen-bond acceptors (Lipinski definition) is 2. The Balaban J connectivity index is 1.54. The standard InChI is InChI=1S/C18H27N3S/c1-2-10-19-18(22)20-15-11-16-8-9-17(12-15)21(16)13-14-6-4-3-5-7-14/h3-7,15-17H,2,8-13H2,1H3,(H2,19,20,22)/t16-,17-/m0/s1. The zero-order chi connectivity index (χ0) is 15.4. The maximum absolute atomic E-state index is 5.40. The summed E-state index contributed by atoms with van der Waals surface area (Å²) in [6.07, 6.45) is 6.23. The minimum atomic E-state index is 0.543. The van der Waals surface area contributed by atoms with E-state index in [0.29, 0.717) is 18.1 Å². The number of benzene rings is 1. The van der Waals surface area contributed by atoms with Crippen LogP contribution < -0.4 is 10.6 Å². The molecule has 0 aliphatic carbocycles. The van der Waals surface area contributed by atoms with E-state index < -0.39 is 0 Å². The summed E-state index contributed by atoms with van der Waals surface area (Å²) in [7, 11) is 0. The quantitative estimate of drug-likeness (QED) is 0.816. The average Bonchev–Trinajstić information content (AvgIpc) is 2.76. The van der Waals surface area contributed by atoms with Crippen molar-refractivity contribution in [3.63, 3.8) is 0 Å². The third-order valence-corrected chi connectivity index (χ3v) is 5.23. The monoisotopic (exact) mass is 317 g/mol. The van der Waals surface area contributed by atoms with Gasteiger partial charge in [-0.15, -0.1) is 0 Å². The van der Waals surface area contributed by atoms with E-state index in [2.05, 4.69) is 52.8 Å². The second-order valence-corrected chi connectivity index (χ2v) is 7.02. The van der Waals surface area contributed by atoms with Crippen LogP contribution >= 0.6 is 12.2 Å². The second kappa shape index (κ2) is 7.42. The zero-order valence-corrected chi connectivity index (χ0v) is 14.2. The van der Waals surface area contributed by atoms with Crippen molar-refractivity contribution < 1.29 is 0 Å². The maximum Gasteiger partial charge on any atom is 0.166 e. The Labute approximate surface area is 139 Å². The van der Waals surface area contributed by atoms with Gasteiger partial charge in [0.2, 0.25) is 0 Å². The molecule has 0 spiro atoms. The fraction of sp³-hybridized carbons (Fsp3) is 0.611. The van der Waals surface area contributed by atoms with Gasteiger partial charge in [0.1, 0.15) is 0 Å². The summed E-state index contributed by atoms with van der Waals surface area (Å²) in [6, 6.07) is 12.8. The molecule has 1 aromatic rings. The van der Waals surface area contributed by atoms with Gasteiger partial charge in [-0.1, -0.05) is 37.3 Å². The van der Waals surface area contributed by atoms with Crippen molar-refractivity contribution in [2.24, 2.45) is 0 Å². The Morgan fingerprint density at radius 1 is 1.18 bits per heavy atom. The lowest BCUT2D eigenvalue weighted by Crippen LogP contribution is -2.51. The van der Waals surface area contributed by atoms with E-state index in [4.69, 9.17) is 12.2 Å². The number of thiocarbonyl (C=S) groups is 1. The molecule has 2 aliphatic rings. The molecular formula is C18H27N3S. The predicted octanol–water partition coefficient (Wildman–Crippen LogP) is 3.06. The number of hydrogen-bond donors (Lipinski definition) is 2. The van der Waals surface area contributed by atoms with Gasteiger partial charge in [-0.05, 0) is 49.9 Å². The van der Waals surface area contributed by atoms with Gasteiger partial charge in [-0.25, -0.2) is 0 Å². The first kappa shape index (κ1) is 15.8. The molecule has 1 aromatic carbocycles. The molecule has 2 bridgehead atoms. The molecule has 0 radical (unpaired) electrons. The van der Waals surface area contributed by atoms with E-state index in [9.17, 15) is 0 Å². The molecule has 2 N–H and O–H groups in total. The lowest BCUT2D eigenvalue weighted by Gasteiger charge is -2.39. The van der Waals surface area contributed by atoms with Crippen LogP contribution in [-0.4, -0.2) is 34.7 Å². The SMILES string of the molecule is CCCNC(=S)NC1C[C@@H]2CC[C@@H](C1)N2Cc1ccccc1. The first-order chi connectivity index (χ1) is 10.8. The van der Waals surface area contributed by atoms with E-state index in [1.54, 1.807) is 0 Å². The third kappa shape index (κ3) is 3.79. The molecule has 0 aromatic heterocycles. The van der Waals surface area contributed by atoms with Crippen LogP contribution in [0.2, 0.25) is 0 Å². The molecule has 120 valence electrons. The molecule has 3 rings (SSSR count). The summed E-state index contributed by atoms with van der Waals surface area (Å²) in [6.45, 7) is 4.23. The number of fused-ring (bicyclic) bond motifs is 2. The third-order valence-electron chi connectivity index (χ3n) is 4.96. The first-order valence-corrected chi connectivity index (χ1v) is 9.01. The highest BCUT2D eigenvalue weighted by Gasteiger charge is 2.40. The van der Waals surface area contributed by atoms with Gasteiger partial charge in [-0.3, -0.25) is 4.90 Å². The van der Waals surface area contributed by atoms with Crippen LogP contribution in [0.25, 0.3) is 0 Å². The number of nitrogens with zero attached hydrogens (tertiary/aromatic N) is 1. The average molecular weight is 318 g/mol. The minimum Gasteiger partial charge on any atom is -0.363 e. The molecule has 2 heterocycles. The second-order valence-electron chi connectivity index (χ2n) is 6.61. The van der Waals surface area contributed by atoms with Crippen LogP contribution in [0.4, 0.5) is 0 Å². The van der Waals surface area contributed by atoms with Gasteiger partial charge >= 0.3 is 0 Å². The van der Waals surface area contributed by atoms with E-state index >= 15 is 0 Å². The molecule has 3 nitrogen and oxygen atoms in total. The largest absolute Gasteiger partial charge is 0.363 e. The van der Waals surface area contributed by atoms with Gasteiger partial charge in [0, 0.05) is 31.2 Å². The summed E-state index contributed by atoms with van der Waals surface area (Å²) >= 11 is 5.40. The van der Waals surface area contributed by atoms with Crippen LogP contribution in [0.5, 0.6) is 0 Å². The smallest absolute Gasteiger partial charge is 0.166 e. The molecule has 22 heavy (non-hydrogen) atoms. The highest BCUT2D eigenvalue weighted by Crippen LogP contribution is 2.36.